The predicted octanol–water partition coefficient (Wildman–Crippen LogP) is 1.84. The van der Waals surface area contributed by atoms with Crippen LogP contribution >= 0.6 is 0 Å². The van der Waals surface area contributed by atoms with Gasteiger partial charge in [-0.25, -0.2) is 12.8 Å². The molecule has 2 N–H and O–H groups in total. The highest BCUT2D eigenvalue weighted by molar-refractivity contribution is 7.94. The van der Waals surface area contributed by atoms with E-state index in [1.165, 1.54) is 18.2 Å². The van der Waals surface area contributed by atoms with Gasteiger partial charge in [0, 0.05) is 23.4 Å². The molecule has 2 amide bonds. The molecule has 1 aliphatic rings. The quantitative estimate of drug-likeness (QED) is 0.801. The molecule has 23 heavy (non-hydrogen) atoms. The van der Waals surface area contributed by atoms with E-state index >= 15 is 0 Å². The lowest BCUT2D eigenvalue weighted by Gasteiger charge is -2.10. The summed E-state index contributed by atoms with van der Waals surface area (Å²) in [6, 6.07) is 3.72. The van der Waals surface area contributed by atoms with Gasteiger partial charge in [0.05, 0.1) is 11.4 Å². The zero-order valence-corrected chi connectivity index (χ0v) is 12.9. The summed E-state index contributed by atoms with van der Waals surface area (Å²) in [6.07, 6.45) is 2.48. The first kappa shape index (κ1) is 16.9. The van der Waals surface area contributed by atoms with Crippen molar-refractivity contribution in [3.8, 4) is 0 Å². The van der Waals surface area contributed by atoms with E-state index in [0.717, 1.165) is 17.6 Å². The van der Waals surface area contributed by atoms with Gasteiger partial charge in [-0.3, -0.25) is 9.59 Å². The van der Waals surface area contributed by atoms with E-state index in [4.69, 9.17) is 0 Å². The van der Waals surface area contributed by atoms with E-state index in [0.29, 0.717) is 5.69 Å². The van der Waals surface area contributed by atoms with Crippen LogP contribution in [0.3, 0.4) is 0 Å². The molecule has 1 unspecified atom stereocenters. The lowest BCUT2D eigenvalue weighted by Crippen LogP contribution is -2.18. The Hall–Kier alpha value is -2.48. The highest BCUT2D eigenvalue weighted by Gasteiger charge is 2.23. The van der Waals surface area contributed by atoms with Crippen molar-refractivity contribution in [3.05, 3.63) is 48.2 Å². The van der Waals surface area contributed by atoms with E-state index in [9.17, 15) is 22.4 Å². The summed E-state index contributed by atoms with van der Waals surface area (Å²) in [5.41, 5.74) is 0.205. The topological polar surface area (TPSA) is 92.3 Å². The number of carbonyl (C=O) groups excluding carboxylic acids is 2. The minimum atomic E-state index is -3.21. The number of nitrogens with one attached hydrogen (secondary N) is 2. The third kappa shape index (κ3) is 4.75. The molecule has 122 valence electrons. The minimum Gasteiger partial charge on any atom is -0.326 e. The Balaban J connectivity index is 2.01. The van der Waals surface area contributed by atoms with E-state index < -0.39 is 27.5 Å². The maximum absolute atomic E-state index is 13.6. The molecule has 0 saturated carbocycles. The molecule has 1 aromatic carbocycles. The van der Waals surface area contributed by atoms with Gasteiger partial charge in [-0.05, 0) is 24.3 Å². The van der Waals surface area contributed by atoms with Gasteiger partial charge in [0.15, 0.2) is 9.84 Å². The molecule has 0 aromatic heterocycles. The predicted molar refractivity (Wildman–Crippen MR) is 84.9 cm³/mol. The minimum absolute atomic E-state index is 0.00145. The van der Waals surface area contributed by atoms with Crippen LogP contribution in [0.4, 0.5) is 15.8 Å². The van der Waals surface area contributed by atoms with Crippen molar-refractivity contribution >= 4 is 33.0 Å². The maximum atomic E-state index is 13.6. The summed E-state index contributed by atoms with van der Waals surface area (Å²) in [4.78, 5) is 23.1. The van der Waals surface area contributed by atoms with Gasteiger partial charge in [0.2, 0.25) is 11.8 Å². The van der Waals surface area contributed by atoms with E-state index in [1.807, 2.05) is 0 Å². The van der Waals surface area contributed by atoms with E-state index in [-0.39, 0.29) is 23.8 Å². The van der Waals surface area contributed by atoms with Gasteiger partial charge >= 0.3 is 0 Å². The van der Waals surface area contributed by atoms with Crippen LogP contribution in [0.25, 0.3) is 0 Å². The first-order valence-electron chi connectivity index (χ1n) is 6.73. The molecule has 6 nitrogen and oxygen atoms in total. The van der Waals surface area contributed by atoms with Crippen LogP contribution in [0.1, 0.15) is 6.42 Å². The summed E-state index contributed by atoms with van der Waals surface area (Å²) in [7, 11) is -3.21. The lowest BCUT2D eigenvalue weighted by molar-refractivity contribution is -0.116. The number of halogens is 1. The normalized spacial score (nSPS) is 18.4. The highest BCUT2D eigenvalue weighted by atomic mass is 32.2. The second kappa shape index (κ2) is 6.74. The lowest BCUT2D eigenvalue weighted by atomic mass is 10.1. The Morgan fingerprint density at radius 1 is 1.35 bits per heavy atom. The first-order chi connectivity index (χ1) is 10.8. The Kier molecular flexibility index (Phi) is 4.95. The molecular weight excluding hydrogens is 323 g/mol. The molecule has 1 atom stereocenters. The number of sulfone groups is 1. The van der Waals surface area contributed by atoms with Crippen molar-refractivity contribution in [2.75, 3.05) is 16.4 Å². The monoisotopic (exact) mass is 338 g/mol. The molecule has 8 heteroatoms. The number of benzene rings is 1. The molecule has 1 aliphatic heterocycles. The number of hydrogen-bond donors (Lipinski definition) is 2. The number of allylic oxidation sites excluding steroid dienone is 1. The van der Waals surface area contributed by atoms with Crippen molar-refractivity contribution in [2.24, 2.45) is 5.92 Å². The van der Waals surface area contributed by atoms with Gasteiger partial charge in [-0.1, -0.05) is 12.7 Å². The smallest absolute Gasteiger partial charge is 0.247 e. The zero-order valence-electron chi connectivity index (χ0n) is 12.1. The van der Waals surface area contributed by atoms with Crippen LogP contribution in [0.15, 0.2) is 42.3 Å². The molecule has 2 rings (SSSR count). The van der Waals surface area contributed by atoms with Gasteiger partial charge in [-0.15, -0.1) is 0 Å². The largest absolute Gasteiger partial charge is 0.326 e. The van der Waals surface area contributed by atoms with Crippen LogP contribution < -0.4 is 10.6 Å². The summed E-state index contributed by atoms with van der Waals surface area (Å²) in [6.45, 7) is 3.27. The molecule has 0 spiro atoms. The summed E-state index contributed by atoms with van der Waals surface area (Å²) in [5.74, 6) is -2.09. The maximum Gasteiger partial charge on any atom is 0.247 e. The van der Waals surface area contributed by atoms with E-state index in [1.54, 1.807) is 0 Å². The number of anilines is 2. The van der Waals surface area contributed by atoms with Gasteiger partial charge in [0.25, 0.3) is 0 Å². The summed E-state index contributed by atoms with van der Waals surface area (Å²) >= 11 is 0. The molecule has 0 bridgehead atoms. The van der Waals surface area contributed by atoms with Gasteiger partial charge < -0.3 is 10.6 Å². The van der Waals surface area contributed by atoms with Crippen LogP contribution in [0, 0.1) is 11.7 Å². The Labute approximate surface area is 133 Å². The summed E-state index contributed by atoms with van der Waals surface area (Å²) < 4.78 is 36.2. The van der Waals surface area contributed by atoms with Crippen molar-refractivity contribution in [3.63, 3.8) is 0 Å². The van der Waals surface area contributed by atoms with Crippen molar-refractivity contribution in [1.29, 1.82) is 0 Å². The molecule has 0 radical (unpaired) electrons. The Morgan fingerprint density at radius 3 is 2.70 bits per heavy atom. The fraction of sp³-hybridized carbons (Fsp3) is 0.200. The third-order valence-corrected chi connectivity index (χ3v) is 4.61. The Bertz CT molecular complexity index is 787. The molecule has 1 heterocycles. The number of rotatable bonds is 5. The molecular formula is C15H15FN2O4S. The fourth-order valence-corrected chi connectivity index (χ4v) is 3.50. The fourth-order valence-electron chi connectivity index (χ4n) is 2.10. The molecule has 0 saturated heterocycles. The third-order valence-electron chi connectivity index (χ3n) is 3.15. The van der Waals surface area contributed by atoms with Crippen LogP contribution in [-0.4, -0.2) is 26.0 Å². The van der Waals surface area contributed by atoms with Crippen molar-refractivity contribution in [1.82, 2.24) is 0 Å². The van der Waals surface area contributed by atoms with Crippen molar-refractivity contribution < 1.29 is 22.4 Å². The number of amides is 2. The van der Waals surface area contributed by atoms with Crippen LogP contribution in [0.5, 0.6) is 0 Å². The van der Waals surface area contributed by atoms with Crippen LogP contribution in [0.2, 0.25) is 0 Å². The molecule has 0 aliphatic carbocycles. The van der Waals surface area contributed by atoms with Crippen molar-refractivity contribution in [2.45, 2.75) is 6.42 Å². The average molecular weight is 338 g/mol. The zero-order chi connectivity index (χ0) is 17.0. The number of carbonyl (C=O) groups is 2. The van der Waals surface area contributed by atoms with E-state index in [2.05, 4.69) is 17.2 Å². The SMILES string of the molecule is C=CC(=O)Nc1cc(NC(=O)CC2C=CS(=O)(=O)C2)ccc1F. The standard InChI is InChI=1S/C15H15FN2O4S/c1-2-14(19)18-13-8-11(3-4-12(13)16)17-15(20)7-10-5-6-23(21,22)9-10/h2-6,8,10H,1,7,9H2,(H,17,20)(H,18,19). The Morgan fingerprint density at radius 2 is 2.09 bits per heavy atom. The highest BCUT2D eigenvalue weighted by Crippen LogP contribution is 2.22. The second-order valence-corrected chi connectivity index (χ2v) is 6.99. The van der Waals surface area contributed by atoms with Gasteiger partial charge in [-0.2, -0.15) is 0 Å². The molecule has 1 aromatic rings. The first-order valence-corrected chi connectivity index (χ1v) is 8.44. The van der Waals surface area contributed by atoms with Gasteiger partial charge in [0.1, 0.15) is 5.82 Å². The average Bonchev–Trinajstić information content (AvgIpc) is 2.81. The number of hydrogen-bond acceptors (Lipinski definition) is 4. The molecule has 0 fully saturated rings. The second-order valence-electron chi connectivity index (χ2n) is 5.06. The van der Waals surface area contributed by atoms with Crippen LogP contribution in [-0.2, 0) is 19.4 Å². The summed E-state index contributed by atoms with van der Waals surface area (Å²) in [5, 5.41) is 5.93.